The lowest BCUT2D eigenvalue weighted by Gasteiger charge is -2.21. The Bertz CT molecular complexity index is 332. The minimum absolute atomic E-state index is 0.209. The molecular formula is C14H29N5. The van der Waals surface area contributed by atoms with Crippen LogP contribution in [0.25, 0.3) is 0 Å². The molecule has 110 valence electrons. The molecule has 3 N–H and O–H groups in total. The highest BCUT2D eigenvalue weighted by molar-refractivity contribution is 5.10. The zero-order valence-corrected chi connectivity index (χ0v) is 12.6. The number of likely N-dealkylation sites (N-methyl/N-ethyl adjacent to an activating group) is 1. The van der Waals surface area contributed by atoms with E-state index >= 15 is 0 Å². The van der Waals surface area contributed by atoms with Crippen molar-refractivity contribution in [3.63, 3.8) is 0 Å². The molecule has 1 rings (SSSR count). The minimum atomic E-state index is 0.209. The molecule has 5 heteroatoms. The number of aryl methyl sites for hydroxylation is 1. The number of nitrogens with one attached hydrogen (secondary N) is 1. The molecule has 0 aromatic carbocycles. The first-order valence-electron chi connectivity index (χ1n) is 7.43. The van der Waals surface area contributed by atoms with Crippen molar-refractivity contribution in [3.8, 4) is 0 Å². The van der Waals surface area contributed by atoms with E-state index in [-0.39, 0.29) is 6.04 Å². The molecule has 5 nitrogen and oxygen atoms in total. The molecule has 0 aliphatic rings. The van der Waals surface area contributed by atoms with E-state index < -0.39 is 0 Å². The van der Waals surface area contributed by atoms with Gasteiger partial charge in [-0.2, -0.15) is 5.10 Å². The third-order valence-electron chi connectivity index (χ3n) is 3.46. The van der Waals surface area contributed by atoms with Crippen LogP contribution in [0.15, 0.2) is 12.4 Å². The molecule has 0 saturated heterocycles. The van der Waals surface area contributed by atoms with E-state index in [0.29, 0.717) is 6.54 Å². The summed E-state index contributed by atoms with van der Waals surface area (Å²) in [7, 11) is 0. The lowest BCUT2D eigenvalue weighted by atomic mass is 10.1. The average molecular weight is 267 g/mol. The van der Waals surface area contributed by atoms with E-state index in [0.717, 1.165) is 39.1 Å². The fourth-order valence-electron chi connectivity index (χ4n) is 2.18. The highest BCUT2D eigenvalue weighted by atomic mass is 15.3. The first kappa shape index (κ1) is 16.1. The molecule has 1 unspecified atom stereocenters. The van der Waals surface area contributed by atoms with Crippen LogP contribution >= 0.6 is 0 Å². The quantitative estimate of drug-likeness (QED) is 0.669. The van der Waals surface area contributed by atoms with Crippen molar-refractivity contribution in [1.29, 1.82) is 0 Å². The molecule has 0 radical (unpaired) electrons. The van der Waals surface area contributed by atoms with Gasteiger partial charge in [0.2, 0.25) is 0 Å². The van der Waals surface area contributed by atoms with E-state index in [2.05, 4.69) is 42.3 Å². The number of nitrogens with zero attached hydrogens (tertiary/aromatic N) is 3. The monoisotopic (exact) mass is 267 g/mol. The second kappa shape index (κ2) is 9.07. The van der Waals surface area contributed by atoms with E-state index in [9.17, 15) is 0 Å². The third kappa shape index (κ3) is 5.30. The van der Waals surface area contributed by atoms with Crippen LogP contribution in [0.3, 0.4) is 0 Å². The van der Waals surface area contributed by atoms with Crippen molar-refractivity contribution in [2.75, 3.05) is 32.7 Å². The number of aromatic nitrogens is 2. The van der Waals surface area contributed by atoms with E-state index in [1.54, 1.807) is 0 Å². The van der Waals surface area contributed by atoms with Crippen LogP contribution in [0.2, 0.25) is 0 Å². The molecule has 0 saturated carbocycles. The Hall–Kier alpha value is -0.910. The van der Waals surface area contributed by atoms with Crippen LogP contribution in [-0.2, 0) is 6.54 Å². The van der Waals surface area contributed by atoms with E-state index in [4.69, 9.17) is 5.73 Å². The summed E-state index contributed by atoms with van der Waals surface area (Å²) >= 11 is 0. The Morgan fingerprint density at radius 2 is 2.11 bits per heavy atom. The summed E-state index contributed by atoms with van der Waals surface area (Å²) in [4.78, 5) is 2.40. The van der Waals surface area contributed by atoms with Gasteiger partial charge in [0, 0.05) is 44.0 Å². The molecule has 0 fully saturated rings. The van der Waals surface area contributed by atoms with Gasteiger partial charge in [-0.1, -0.05) is 20.8 Å². The minimum Gasteiger partial charge on any atom is -0.329 e. The van der Waals surface area contributed by atoms with E-state index in [1.807, 2.05) is 10.9 Å². The standard InChI is InChI=1S/C14H29N5/c1-4-8-19-12-13(11-17-19)14(10-15)16-7-9-18(5-2)6-3/h11-12,14,16H,4-10,15H2,1-3H3. The summed E-state index contributed by atoms with van der Waals surface area (Å²) in [5.41, 5.74) is 7.05. The number of hydrogen-bond donors (Lipinski definition) is 2. The predicted molar refractivity (Wildman–Crippen MR) is 80.1 cm³/mol. The second-order valence-electron chi connectivity index (χ2n) is 4.81. The molecule has 19 heavy (non-hydrogen) atoms. The first-order chi connectivity index (χ1) is 9.24. The molecule has 1 aromatic rings. The molecule has 1 aromatic heterocycles. The maximum atomic E-state index is 5.86. The predicted octanol–water partition coefficient (Wildman–Crippen LogP) is 1.22. The summed E-state index contributed by atoms with van der Waals surface area (Å²) in [6, 6.07) is 0.209. The molecule has 0 aliphatic carbocycles. The average Bonchev–Trinajstić information content (AvgIpc) is 2.88. The molecule has 0 aliphatic heterocycles. The second-order valence-corrected chi connectivity index (χ2v) is 4.81. The normalized spacial score (nSPS) is 13.1. The number of rotatable bonds is 10. The lowest BCUT2D eigenvalue weighted by molar-refractivity contribution is 0.297. The van der Waals surface area contributed by atoms with Crippen molar-refractivity contribution in [2.24, 2.45) is 5.73 Å². The zero-order valence-electron chi connectivity index (χ0n) is 12.6. The smallest absolute Gasteiger partial charge is 0.0538 e. The molecule has 0 amide bonds. The highest BCUT2D eigenvalue weighted by Gasteiger charge is 2.11. The van der Waals surface area contributed by atoms with Crippen LogP contribution < -0.4 is 11.1 Å². The number of hydrogen-bond acceptors (Lipinski definition) is 4. The van der Waals surface area contributed by atoms with Crippen LogP contribution in [0.1, 0.15) is 38.8 Å². The Kier molecular flexibility index (Phi) is 7.70. The van der Waals surface area contributed by atoms with Gasteiger partial charge in [0.15, 0.2) is 0 Å². The fourth-order valence-corrected chi connectivity index (χ4v) is 2.18. The van der Waals surface area contributed by atoms with Crippen molar-refractivity contribution in [2.45, 2.75) is 39.8 Å². The summed E-state index contributed by atoms with van der Waals surface area (Å²) in [6.45, 7) is 12.3. The summed E-state index contributed by atoms with van der Waals surface area (Å²) < 4.78 is 1.99. The highest BCUT2D eigenvalue weighted by Crippen LogP contribution is 2.10. The van der Waals surface area contributed by atoms with Gasteiger partial charge in [0.1, 0.15) is 0 Å². The largest absolute Gasteiger partial charge is 0.329 e. The SMILES string of the molecule is CCCn1cc(C(CN)NCCN(CC)CC)cn1. The van der Waals surface area contributed by atoms with Crippen molar-refractivity contribution in [1.82, 2.24) is 20.0 Å². The van der Waals surface area contributed by atoms with E-state index in [1.165, 1.54) is 5.56 Å². The summed E-state index contributed by atoms with van der Waals surface area (Å²) in [5, 5.41) is 7.88. The topological polar surface area (TPSA) is 59.1 Å². The Labute approximate surface area is 117 Å². The maximum Gasteiger partial charge on any atom is 0.0538 e. The molecule has 1 atom stereocenters. The Morgan fingerprint density at radius 3 is 2.68 bits per heavy atom. The van der Waals surface area contributed by atoms with Gasteiger partial charge in [-0.3, -0.25) is 4.68 Å². The van der Waals surface area contributed by atoms with Gasteiger partial charge >= 0.3 is 0 Å². The van der Waals surface area contributed by atoms with Gasteiger partial charge < -0.3 is 16.0 Å². The maximum absolute atomic E-state index is 5.86. The first-order valence-corrected chi connectivity index (χ1v) is 7.43. The Morgan fingerprint density at radius 1 is 1.37 bits per heavy atom. The third-order valence-corrected chi connectivity index (χ3v) is 3.46. The molecule has 1 heterocycles. The van der Waals surface area contributed by atoms with Crippen LogP contribution in [0, 0.1) is 0 Å². The lowest BCUT2D eigenvalue weighted by Crippen LogP contribution is -2.36. The van der Waals surface area contributed by atoms with Gasteiger partial charge in [-0.25, -0.2) is 0 Å². The van der Waals surface area contributed by atoms with Gasteiger partial charge in [-0.15, -0.1) is 0 Å². The number of nitrogens with two attached hydrogens (primary N) is 1. The van der Waals surface area contributed by atoms with Crippen LogP contribution in [0.5, 0.6) is 0 Å². The fraction of sp³-hybridized carbons (Fsp3) is 0.786. The van der Waals surface area contributed by atoms with Crippen molar-refractivity contribution >= 4 is 0 Å². The van der Waals surface area contributed by atoms with Gasteiger partial charge in [0.25, 0.3) is 0 Å². The van der Waals surface area contributed by atoms with Crippen LogP contribution in [0.4, 0.5) is 0 Å². The van der Waals surface area contributed by atoms with Gasteiger partial charge in [-0.05, 0) is 19.5 Å². The van der Waals surface area contributed by atoms with Crippen LogP contribution in [-0.4, -0.2) is 47.4 Å². The Balaban J connectivity index is 2.43. The summed E-state index contributed by atoms with van der Waals surface area (Å²) in [5.74, 6) is 0. The molecule has 0 spiro atoms. The zero-order chi connectivity index (χ0) is 14.1. The van der Waals surface area contributed by atoms with Crippen molar-refractivity contribution < 1.29 is 0 Å². The van der Waals surface area contributed by atoms with Gasteiger partial charge in [0.05, 0.1) is 6.20 Å². The summed E-state index contributed by atoms with van der Waals surface area (Å²) in [6.07, 6.45) is 5.13. The van der Waals surface area contributed by atoms with Crippen molar-refractivity contribution in [3.05, 3.63) is 18.0 Å². The molecular weight excluding hydrogens is 238 g/mol. The molecule has 0 bridgehead atoms.